The Morgan fingerprint density at radius 1 is 1.19 bits per heavy atom. The van der Waals surface area contributed by atoms with Gasteiger partial charge in [-0.05, 0) is 36.1 Å². The highest BCUT2D eigenvalue weighted by molar-refractivity contribution is 6.42. The molecule has 0 saturated carbocycles. The molecule has 0 bridgehead atoms. The summed E-state index contributed by atoms with van der Waals surface area (Å²) in [5.41, 5.74) is 1.21. The third kappa shape index (κ3) is 6.08. The summed E-state index contributed by atoms with van der Waals surface area (Å²) in [6, 6.07) is 8.58. The lowest BCUT2D eigenvalue weighted by Crippen LogP contribution is -2.29. The number of aromatic nitrogens is 2. The van der Waals surface area contributed by atoms with Crippen LogP contribution in [0, 0.1) is 15.5 Å². The predicted molar refractivity (Wildman–Crippen MR) is 118 cm³/mol. The average Bonchev–Trinajstić information content (AvgIpc) is 3.02. The summed E-state index contributed by atoms with van der Waals surface area (Å²) in [6.07, 6.45) is 0.785. The molecule has 164 valence electrons. The number of nitrogens with zero attached hydrogens (tertiary/aromatic N) is 3. The summed E-state index contributed by atoms with van der Waals surface area (Å²) in [5.74, 6) is 0.152. The van der Waals surface area contributed by atoms with Gasteiger partial charge in [-0.1, -0.05) is 44.0 Å². The molecule has 31 heavy (non-hydrogen) atoms. The van der Waals surface area contributed by atoms with Gasteiger partial charge in [-0.15, -0.1) is 0 Å². The number of benzene rings is 2. The summed E-state index contributed by atoms with van der Waals surface area (Å²) in [5, 5.41) is 11.6. The number of rotatable bonds is 6. The van der Waals surface area contributed by atoms with Crippen molar-refractivity contribution < 1.29 is 19.2 Å². The summed E-state index contributed by atoms with van der Waals surface area (Å²) in [7, 11) is 0. The zero-order valence-electron chi connectivity index (χ0n) is 17.2. The molecule has 3 aromatic rings. The van der Waals surface area contributed by atoms with Crippen LogP contribution in [0.2, 0.25) is 10.0 Å². The van der Waals surface area contributed by atoms with Crippen LogP contribution in [-0.4, -0.2) is 26.7 Å². The van der Waals surface area contributed by atoms with Gasteiger partial charge in [0, 0.05) is 12.1 Å². The van der Waals surface area contributed by atoms with E-state index >= 15 is 0 Å². The average molecular weight is 466 g/mol. The number of nitro groups is 1. The van der Waals surface area contributed by atoms with Gasteiger partial charge < -0.3 is 14.0 Å². The number of carbonyl (C=O) groups is 1. The smallest absolute Gasteiger partial charge is 0.429 e. The van der Waals surface area contributed by atoms with E-state index in [0.29, 0.717) is 28.5 Å². The number of non-ortho nitro benzene ring substituents is 1. The lowest BCUT2D eigenvalue weighted by Gasteiger charge is -2.26. The molecule has 2 aromatic carbocycles. The molecule has 0 aliphatic heterocycles. The Hall–Kier alpha value is -2.84. The zero-order chi connectivity index (χ0) is 22.8. The molecule has 8 nitrogen and oxygen atoms in total. The molecule has 3 rings (SSSR count). The number of hydrogen-bond donors (Lipinski definition) is 0. The first kappa shape index (κ1) is 22.8. The minimum Gasteiger partial charge on any atom is -0.429 e. The van der Waals surface area contributed by atoms with Gasteiger partial charge >= 0.3 is 6.16 Å². The second-order valence-corrected chi connectivity index (χ2v) is 9.07. The molecule has 0 fully saturated rings. The summed E-state index contributed by atoms with van der Waals surface area (Å²) < 4.78 is 12.6. The number of carbonyl (C=O) groups excluding carboxylic acids is 1. The first-order valence-electron chi connectivity index (χ1n) is 9.44. The van der Waals surface area contributed by atoms with Crippen molar-refractivity contribution in [3.63, 3.8) is 0 Å². The highest BCUT2D eigenvalue weighted by atomic mass is 35.5. The highest BCUT2D eigenvalue weighted by Crippen LogP contribution is 2.29. The van der Waals surface area contributed by atoms with E-state index in [1.54, 1.807) is 18.5 Å². The highest BCUT2D eigenvalue weighted by Gasteiger charge is 2.24. The number of fused-ring (bicyclic) bond motifs is 1. The molecule has 1 atom stereocenters. The van der Waals surface area contributed by atoms with E-state index in [4.69, 9.17) is 32.7 Å². The number of halogens is 2. The second kappa shape index (κ2) is 9.11. The Kier molecular flexibility index (Phi) is 6.71. The molecule has 0 aliphatic rings. The van der Waals surface area contributed by atoms with Crippen molar-refractivity contribution in [2.45, 2.75) is 39.8 Å². The molecule has 1 heterocycles. The zero-order valence-corrected chi connectivity index (χ0v) is 18.7. The van der Waals surface area contributed by atoms with E-state index in [9.17, 15) is 14.9 Å². The lowest BCUT2D eigenvalue weighted by molar-refractivity contribution is -0.384. The van der Waals surface area contributed by atoms with Crippen LogP contribution in [0.1, 0.15) is 27.2 Å². The van der Waals surface area contributed by atoms with Crippen LogP contribution in [0.25, 0.3) is 11.0 Å². The molecule has 1 aromatic heterocycles. The Balaban J connectivity index is 1.75. The van der Waals surface area contributed by atoms with E-state index < -0.39 is 17.2 Å². The molecule has 0 radical (unpaired) electrons. The van der Waals surface area contributed by atoms with Crippen molar-refractivity contribution in [1.82, 2.24) is 9.55 Å². The molecule has 0 aliphatic carbocycles. The van der Waals surface area contributed by atoms with Gasteiger partial charge in [0.05, 0.1) is 38.9 Å². The van der Waals surface area contributed by atoms with Crippen LogP contribution in [0.3, 0.4) is 0 Å². The summed E-state index contributed by atoms with van der Waals surface area (Å²) in [4.78, 5) is 26.9. The molecular weight excluding hydrogens is 445 g/mol. The molecule has 0 saturated heterocycles. The van der Waals surface area contributed by atoms with Crippen LogP contribution in [0.15, 0.2) is 42.7 Å². The number of ether oxygens (including phenoxy) is 2. The van der Waals surface area contributed by atoms with Crippen molar-refractivity contribution in [1.29, 1.82) is 0 Å². The topological polar surface area (TPSA) is 96.5 Å². The second-order valence-electron chi connectivity index (χ2n) is 8.26. The molecular formula is C21H21Cl2N3O5. The predicted octanol–water partition coefficient (Wildman–Crippen LogP) is 6.27. The van der Waals surface area contributed by atoms with Gasteiger partial charge in [0.25, 0.3) is 5.69 Å². The Bertz CT molecular complexity index is 1110. The maximum atomic E-state index is 12.4. The first-order chi connectivity index (χ1) is 14.5. The van der Waals surface area contributed by atoms with Gasteiger partial charge in [-0.2, -0.15) is 0 Å². The van der Waals surface area contributed by atoms with E-state index in [1.165, 1.54) is 24.3 Å². The standard InChI is InChI=1S/C21H21Cl2N3O5/c1-21(2,3)10-15(11-25-12-24-18-8-16(22)17(23)9-19(18)25)31-20(27)30-14-6-4-13(5-7-14)26(28)29/h4-9,12,15H,10-11H2,1-3H3. The van der Waals surface area contributed by atoms with Crippen LogP contribution in [0.4, 0.5) is 10.5 Å². The van der Waals surface area contributed by atoms with Crippen molar-refractivity contribution >= 4 is 46.1 Å². The monoisotopic (exact) mass is 465 g/mol. The van der Waals surface area contributed by atoms with Gasteiger partial charge in [-0.3, -0.25) is 10.1 Å². The summed E-state index contributed by atoms with van der Waals surface area (Å²) >= 11 is 12.2. The molecule has 0 N–H and O–H groups in total. The molecule has 1 unspecified atom stereocenters. The first-order valence-corrected chi connectivity index (χ1v) is 10.2. The molecule has 0 amide bonds. The third-order valence-electron chi connectivity index (χ3n) is 4.42. The van der Waals surface area contributed by atoms with Gasteiger partial charge in [0.1, 0.15) is 11.9 Å². The van der Waals surface area contributed by atoms with E-state index in [1.807, 2.05) is 25.3 Å². The number of nitro benzene ring substituents is 1. The quantitative estimate of drug-likeness (QED) is 0.184. The largest absolute Gasteiger partial charge is 0.514 e. The van der Waals surface area contributed by atoms with Gasteiger partial charge in [0.2, 0.25) is 0 Å². The van der Waals surface area contributed by atoms with E-state index in [-0.39, 0.29) is 16.9 Å². The van der Waals surface area contributed by atoms with Gasteiger partial charge in [-0.25, -0.2) is 9.78 Å². The maximum absolute atomic E-state index is 12.4. The fourth-order valence-electron chi connectivity index (χ4n) is 3.14. The SMILES string of the molecule is CC(C)(C)CC(Cn1cnc2cc(Cl)c(Cl)cc21)OC(=O)Oc1ccc([N+](=O)[O-])cc1. The van der Waals surface area contributed by atoms with Crippen molar-refractivity contribution in [3.05, 3.63) is 62.9 Å². The van der Waals surface area contributed by atoms with E-state index in [0.717, 1.165) is 5.52 Å². The third-order valence-corrected chi connectivity index (χ3v) is 5.14. The number of imidazole rings is 1. The Morgan fingerprint density at radius 3 is 2.45 bits per heavy atom. The number of hydrogen-bond acceptors (Lipinski definition) is 6. The van der Waals surface area contributed by atoms with E-state index in [2.05, 4.69) is 4.98 Å². The van der Waals surface area contributed by atoms with Gasteiger partial charge in [0.15, 0.2) is 0 Å². The maximum Gasteiger partial charge on any atom is 0.514 e. The Morgan fingerprint density at radius 2 is 1.84 bits per heavy atom. The van der Waals surface area contributed by atoms with Crippen molar-refractivity contribution in [2.24, 2.45) is 5.41 Å². The van der Waals surface area contributed by atoms with Crippen LogP contribution < -0.4 is 4.74 Å². The van der Waals surface area contributed by atoms with Crippen LogP contribution in [-0.2, 0) is 11.3 Å². The molecule has 0 spiro atoms. The fourth-order valence-corrected chi connectivity index (χ4v) is 3.45. The minimum atomic E-state index is -0.895. The normalized spacial score (nSPS) is 12.5. The summed E-state index contributed by atoms with van der Waals surface area (Å²) in [6.45, 7) is 6.44. The fraction of sp³-hybridized carbons (Fsp3) is 0.333. The minimum absolute atomic E-state index is 0.0999. The van der Waals surface area contributed by atoms with Crippen LogP contribution in [0.5, 0.6) is 5.75 Å². The van der Waals surface area contributed by atoms with Crippen molar-refractivity contribution in [2.75, 3.05) is 0 Å². The lowest BCUT2D eigenvalue weighted by atomic mass is 9.89. The van der Waals surface area contributed by atoms with Crippen LogP contribution >= 0.6 is 23.2 Å². The van der Waals surface area contributed by atoms with Crippen molar-refractivity contribution in [3.8, 4) is 5.75 Å². The molecule has 10 heteroatoms. The Labute approximate surface area is 188 Å².